The van der Waals surface area contributed by atoms with Gasteiger partial charge in [-0.2, -0.15) is 0 Å². The topological polar surface area (TPSA) is 87.3 Å². The Hall–Kier alpha value is -2.55. The predicted octanol–water partition coefficient (Wildman–Crippen LogP) is 7.52. The molecule has 1 aliphatic carbocycles. The molecule has 0 spiro atoms. The molecular formula is C25H17Cl5FN3O3. The first kappa shape index (κ1) is 27.5. The molecule has 0 saturated heterocycles. The van der Waals surface area contributed by atoms with E-state index in [0.717, 1.165) is 6.07 Å². The van der Waals surface area contributed by atoms with Crippen LogP contribution in [-0.4, -0.2) is 22.1 Å². The number of alkyl halides is 2. The van der Waals surface area contributed by atoms with Crippen molar-refractivity contribution >= 4 is 92.8 Å². The summed E-state index contributed by atoms with van der Waals surface area (Å²) >= 11 is 31.2. The first-order valence-electron chi connectivity index (χ1n) is 10.7. The van der Waals surface area contributed by atoms with E-state index in [1.165, 1.54) is 37.3 Å². The minimum atomic E-state index is -1.38. The van der Waals surface area contributed by atoms with Crippen LogP contribution >= 0.6 is 58.0 Å². The maximum atomic E-state index is 13.9. The summed E-state index contributed by atoms with van der Waals surface area (Å²) in [7, 11) is 0. The Morgan fingerprint density at radius 1 is 0.838 bits per heavy atom. The first-order valence-corrected chi connectivity index (χ1v) is 12.6. The molecule has 0 aromatic heterocycles. The van der Waals surface area contributed by atoms with Crippen LogP contribution < -0.4 is 16.0 Å². The molecule has 3 aromatic carbocycles. The Morgan fingerprint density at radius 3 is 2.11 bits per heavy atom. The van der Waals surface area contributed by atoms with Crippen molar-refractivity contribution in [2.45, 2.75) is 17.2 Å². The lowest BCUT2D eigenvalue weighted by atomic mass is 10.1. The lowest BCUT2D eigenvalue weighted by molar-refractivity contribution is -0.117. The third-order valence-electron chi connectivity index (χ3n) is 5.59. The second kappa shape index (κ2) is 10.7. The normalized spacial score (nSPS) is 17.6. The van der Waals surface area contributed by atoms with Gasteiger partial charge in [0.05, 0.1) is 22.2 Å². The number of hydrogen-bond acceptors (Lipinski definition) is 3. The van der Waals surface area contributed by atoms with Crippen molar-refractivity contribution < 1.29 is 18.8 Å². The molecule has 3 amide bonds. The largest absolute Gasteiger partial charge is 0.326 e. The predicted molar refractivity (Wildman–Crippen MR) is 146 cm³/mol. The molecule has 4 rings (SSSR count). The molecule has 0 aliphatic heterocycles. The van der Waals surface area contributed by atoms with Crippen molar-refractivity contribution in [3.05, 3.63) is 86.6 Å². The third kappa shape index (κ3) is 6.13. The van der Waals surface area contributed by atoms with Crippen molar-refractivity contribution in [3.8, 4) is 0 Å². The summed E-state index contributed by atoms with van der Waals surface area (Å²) < 4.78 is 12.5. The van der Waals surface area contributed by atoms with Crippen LogP contribution in [0, 0.1) is 11.7 Å². The second-order valence-electron chi connectivity index (χ2n) is 8.35. The molecule has 12 heteroatoms. The van der Waals surface area contributed by atoms with Crippen LogP contribution in [0.3, 0.4) is 0 Å². The van der Waals surface area contributed by atoms with Crippen LogP contribution in [0.2, 0.25) is 15.1 Å². The average Bonchev–Trinajstić information content (AvgIpc) is 3.38. The van der Waals surface area contributed by atoms with Gasteiger partial charge in [-0.3, -0.25) is 14.4 Å². The van der Waals surface area contributed by atoms with Gasteiger partial charge >= 0.3 is 0 Å². The molecule has 2 atom stereocenters. The molecular weight excluding hydrogens is 587 g/mol. The monoisotopic (exact) mass is 601 g/mol. The number of hydrogen-bond donors (Lipinski definition) is 3. The lowest BCUT2D eigenvalue weighted by Crippen LogP contribution is -2.18. The summed E-state index contributed by atoms with van der Waals surface area (Å²) in [6, 6.07) is 12.9. The second-order valence-corrected chi connectivity index (χ2v) is 11.1. The smallest absolute Gasteiger partial charge is 0.257 e. The lowest BCUT2D eigenvalue weighted by Gasteiger charge is -2.12. The Labute approximate surface area is 236 Å². The van der Waals surface area contributed by atoms with E-state index in [1.54, 1.807) is 18.2 Å². The number of nitrogens with one attached hydrogen (secondary N) is 3. The van der Waals surface area contributed by atoms with Crippen molar-refractivity contribution in [1.29, 1.82) is 0 Å². The summed E-state index contributed by atoms with van der Waals surface area (Å²) in [5, 5.41) is 8.51. The van der Waals surface area contributed by atoms with Gasteiger partial charge in [0.1, 0.15) is 10.2 Å². The Balaban J connectivity index is 1.50. The van der Waals surface area contributed by atoms with Gasteiger partial charge in [-0.25, -0.2) is 4.39 Å². The van der Waals surface area contributed by atoms with Crippen LogP contribution in [-0.2, 0) is 9.59 Å². The van der Waals surface area contributed by atoms with Gasteiger partial charge in [-0.05, 0) is 60.2 Å². The minimum absolute atomic E-state index is 0.0434. The number of carbonyl (C=O) groups excluding carboxylic acids is 3. The standard InChI is InChI=1S/C25H17Cl5FN3O3/c1-11(35)32-20-10-16(3-5-19(20)31)33-23(36)17-9-15(2-4-18(17)28)34-24(37)22-21(25(22,29)30)12-6-13(26)8-14(27)7-12/h2-10,21-22H,1H3,(H,32,35)(H,33,36)(H,34,37)/t21-,22+/m0/s1. The molecule has 1 aliphatic rings. The zero-order valence-electron chi connectivity index (χ0n) is 18.8. The number of carbonyl (C=O) groups is 3. The number of anilines is 3. The van der Waals surface area contributed by atoms with E-state index in [1.807, 2.05) is 0 Å². The van der Waals surface area contributed by atoms with Crippen LogP contribution in [0.25, 0.3) is 0 Å². The summed E-state index contributed by atoms with van der Waals surface area (Å²) in [6.45, 7) is 1.23. The van der Waals surface area contributed by atoms with Crippen LogP contribution in [0.1, 0.15) is 28.8 Å². The van der Waals surface area contributed by atoms with Gasteiger partial charge in [0.15, 0.2) is 0 Å². The first-order chi connectivity index (χ1) is 17.4. The van der Waals surface area contributed by atoms with Crippen LogP contribution in [0.15, 0.2) is 54.6 Å². The highest BCUT2D eigenvalue weighted by Crippen LogP contribution is 2.65. The Morgan fingerprint density at radius 2 is 1.46 bits per heavy atom. The van der Waals surface area contributed by atoms with Crippen molar-refractivity contribution in [3.63, 3.8) is 0 Å². The number of amides is 3. The van der Waals surface area contributed by atoms with E-state index >= 15 is 0 Å². The summed E-state index contributed by atoms with van der Waals surface area (Å²) in [5.41, 5.74) is 1.06. The fourth-order valence-electron chi connectivity index (χ4n) is 3.91. The summed E-state index contributed by atoms with van der Waals surface area (Å²) in [4.78, 5) is 37.2. The zero-order chi connectivity index (χ0) is 27.1. The van der Waals surface area contributed by atoms with E-state index in [-0.39, 0.29) is 27.6 Å². The highest BCUT2D eigenvalue weighted by atomic mass is 35.5. The highest BCUT2D eigenvalue weighted by molar-refractivity contribution is 6.53. The van der Waals surface area contributed by atoms with E-state index in [2.05, 4.69) is 16.0 Å². The Bertz CT molecular complexity index is 1410. The quantitative estimate of drug-likeness (QED) is 0.255. The van der Waals surface area contributed by atoms with Gasteiger partial charge in [0.25, 0.3) is 5.91 Å². The van der Waals surface area contributed by atoms with Crippen molar-refractivity contribution in [1.82, 2.24) is 0 Å². The molecule has 0 bridgehead atoms. The van der Waals surface area contributed by atoms with Gasteiger partial charge in [0, 0.05) is 34.3 Å². The maximum absolute atomic E-state index is 13.9. The van der Waals surface area contributed by atoms with E-state index in [4.69, 9.17) is 58.0 Å². The van der Waals surface area contributed by atoms with Gasteiger partial charge < -0.3 is 16.0 Å². The maximum Gasteiger partial charge on any atom is 0.257 e. The van der Waals surface area contributed by atoms with E-state index < -0.39 is 39.7 Å². The molecule has 0 unspecified atom stereocenters. The number of halogens is 6. The van der Waals surface area contributed by atoms with Crippen molar-refractivity contribution in [2.75, 3.05) is 16.0 Å². The molecule has 0 heterocycles. The number of rotatable bonds is 6. The summed E-state index contributed by atoms with van der Waals surface area (Å²) in [6.07, 6.45) is 0. The molecule has 3 N–H and O–H groups in total. The molecule has 37 heavy (non-hydrogen) atoms. The molecule has 1 saturated carbocycles. The third-order valence-corrected chi connectivity index (χ3v) is 7.30. The zero-order valence-corrected chi connectivity index (χ0v) is 22.6. The molecule has 192 valence electrons. The summed E-state index contributed by atoms with van der Waals surface area (Å²) in [5.74, 6) is -3.57. The molecule has 1 fully saturated rings. The molecule has 6 nitrogen and oxygen atoms in total. The highest BCUT2D eigenvalue weighted by Gasteiger charge is 2.67. The van der Waals surface area contributed by atoms with Crippen LogP contribution in [0.4, 0.5) is 21.5 Å². The number of benzene rings is 3. The fourth-order valence-corrected chi connectivity index (χ4v) is 5.48. The van der Waals surface area contributed by atoms with Crippen molar-refractivity contribution in [2.24, 2.45) is 5.92 Å². The molecule has 3 aromatic rings. The van der Waals surface area contributed by atoms with Gasteiger partial charge in [-0.1, -0.05) is 34.8 Å². The van der Waals surface area contributed by atoms with Gasteiger partial charge in [-0.15, -0.1) is 23.2 Å². The Kier molecular flexibility index (Phi) is 7.93. The van der Waals surface area contributed by atoms with Gasteiger partial charge in [0.2, 0.25) is 11.8 Å². The average molecular weight is 604 g/mol. The molecule has 0 radical (unpaired) electrons. The fraction of sp³-hybridized carbons (Fsp3) is 0.160. The van der Waals surface area contributed by atoms with E-state index in [0.29, 0.717) is 15.6 Å². The minimum Gasteiger partial charge on any atom is -0.326 e. The van der Waals surface area contributed by atoms with Crippen LogP contribution in [0.5, 0.6) is 0 Å². The SMILES string of the molecule is CC(=O)Nc1cc(NC(=O)c2cc(NC(=O)[C@H]3[C@H](c4cc(Cl)cc(Cl)c4)C3(Cl)Cl)ccc2Cl)ccc1F. The van der Waals surface area contributed by atoms with E-state index in [9.17, 15) is 18.8 Å².